The molecule has 4 heteroatoms. The van der Waals surface area contributed by atoms with Crippen molar-refractivity contribution < 1.29 is 9.21 Å². The van der Waals surface area contributed by atoms with E-state index < -0.39 is 0 Å². The minimum Gasteiger partial charge on any atom is -0.456 e. The number of nitrogens with one attached hydrogen (secondary N) is 1. The molecule has 1 aliphatic rings. The smallest absolute Gasteiger partial charge is 0.251 e. The Morgan fingerprint density at radius 2 is 1.82 bits per heavy atom. The fourth-order valence-corrected chi connectivity index (χ4v) is 4.13. The first-order chi connectivity index (χ1) is 13.8. The summed E-state index contributed by atoms with van der Waals surface area (Å²) in [5.74, 6) is 0.769. The van der Waals surface area contributed by atoms with Gasteiger partial charge in [-0.2, -0.15) is 0 Å². The van der Waals surface area contributed by atoms with Gasteiger partial charge in [-0.3, -0.25) is 9.78 Å². The van der Waals surface area contributed by atoms with Gasteiger partial charge in [-0.15, -0.1) is 0 Å². The van der Waals surface area contributed by atoms with Gasteiger partial charge >= 0.3 is 0 Å². The molecular weight excluding hydrogens is 348 g/mol. The van der Waals surface area contributed by atoms with Crippen LogP contribution in [0.5, 0.6) is 0 Å². The van der Waals surface area contributed by atoms with Gasteiger partial charge in [0.15, 0.2) is 0 Å². The third-order valence-corrected chi connectivity index (χ3v) is 5.65. The maximum atomic E-state index is 12.8. The number of para-hydroxylation sites is 1. The molecule has 4 nitrogen and oxygen atoms in total. The number of fused-ring (bicyclic) bond motifs is 2. The second kappa shape index (κ2) is 7.12. The van der Waals surface area contributed by atoms with E-state index in [4.69, 9.17) is 4.42 Å². The van der Waals surface area contributed by atoms with Crippen molar-refractivity contribution in [1.29, 1.82) is 0 Å². The number of aromatic nitrogens is 1. The van der Waals surface area contributed by atoms with Crippen LogP contribution in [0.2, 0.25) is 0 Å². The summed E-state index contributed by atoms with van der Waals surface area (Å²) in [4.78, 5) is 17.2. The average Bonchev–Trinajstić information content (AvgIpc) is 3.17. The molecule has 28 heavy (non-hydrogen) atoms. The zero-order chi connectivity index (χ0) is 18.9. The Kier molecular flexibility index (Phi) is 4.32. The van der Waals surface area contributed by atoms with Gasteiger partial charge in [0, 0.05) is 40.3 Å². The summed E-state index contributed by atoms with van der Waals surface area (Å²) >= 11 is 0. The van der Waals surface area contributed by atoms with E-state index in [0.29, 0.717) is 11.6 Å². The van der Waals surface area contributed by atoms with E-state index in [-0.39, 0.29) is 5.91 Å². The van der Waals surface area contributed by atoms with Crippen LogP contribution < -0.4 is 5.32 Å². The van der Waals surface area contributed by atoms with Crippen LogP contribution in [0.1, 0.15) is 42.5 Å². The van der Waals surface area contributed by atoms with Gasteiger partial charge in [0.05, 0.1) is 0 Å². The van der Waals surface area contributed by atoms with Crippen LogP contribution in [0.4, 0.5) is 0 Å². The lowest BCUT2D eigenvalue weighted by atomic mass is 9.95. The Labute approximate surface area is 163 Å². The molecule has 0 radical (unpaired) electrons. The summed E-state index contributed by atoms with van der Waals surface area (Å²) in [5.41, 5.74) is 2.43. The lowest BCUT2D eigenvalue weighted by Crippen LogP contribution is -2.36. The van der Waals surface area contributed by atoms with Crippen LogP contribution in [0.25, 0.3) is 33.1 Å². The van der Waals surface area contributed by atoms with Gasteiger partial charge in [-0.1, -0.05) is 43.5 Å². The molecule has 0 aliphatic heterocycles. The molecule has 2 aromatic heterocycles. The van der Waals surface area contributed by atoms with Crippen molar-refractivity contribution in [3.63, 3.8) is 0 Å². The number of nitrogens with zero attached hydrogens (tertiary/aromatic N) is 1. The van der Waals surface area contributed by atoms with Crippen molar-refractivity contribution in [3.05, 3.63) is 66.5 Å². The highest BCUT2D eigenvalue weighted by Gasteiger charge is 2.18. The van der Waals surface area contributed by atoms with E-state index in [1.165, 1.54) is 19.3 Å². The molecule has 1 N–H and O–H groups in total. The molecule has 5 rings (SSSR count). The van der Waals surface area contributed by atoms with Gasteiger partial charge < -0.3 is 9.73 Å². The summed E-state index contributed by atoms with van der Waals surface area (Å²) in [6.07, 6.45) is 9.46. The van der Waals surface area contributed by atoms with E-state index in [9.17, 15) is 4.79 Å². The van der Waals surface area contributed by atoms with Crippen LogP contribution in [0, 0.1) is 0 Å². The number of hydrogen-bond donors (Lipinski definition) is 1. The van der Waals surface area contributed by atoms with Crippen molar-refractivity contribution in [3.8, 4) is 11.3 Å². The third kappa shape index (κ3) is 3.15. The molecule has 0 atom stereocenters. The molecule has 1 saturated carbocycles. The minimum absolute atomic E-state index is 0.00108. The molecule has 0 saturated heterocycles. The van der Waals surface area contributed by atoms with Crippen LogP contribution in [-0.2, 0) is 0 Å². The van der Waals surface area contributed by atoms with Crippen molar-refractivity contribution in [2.75, 3.05) is 0 Å². The van der Waals surface area contributed by atoms with Crippen molar-refractivity contribution in [2.24, 2.45) is 0 Å². The molecule has 1 amide bonds. The molecule has 0 unspecified atom stereocenters. The number of furan rings is 1. The van der Waals surface area contributed by atoms with E-state index in [1.807, 2.05) is 60.9 Å². The first-order valence-corrected chi connectivity index (χ1v) is 9.95. The highest BCUT2D eigenvalue weighted by Crippen LogP contribution is 2.32. The topological polar surface area (TPSA) is 55.1 Å². The lowest BCUT2D eigenvalue weighted by Gasteiger charge is -2.22. The molecule has 1 aliphatic carbocycles. The number of hydrogen-bond acceptors (Lipinski definition) is 3. The number of benzene rings is 2. The normalized spacial score (nSPS) is 15.1. The Balaban J connectivity index is 1.53. The predicted molar refractivity (Wildman–Crippen MR) is 111 cm³/mol. The SMILES string of the molecule is O=C(NC1CCCCC1)c1ccc2cncc(-c3cc4ccccc4o3)c2c1. The number of carbonyl (C=O) groups excluding carboxylic acids is 1. The third-order valence-electron chi connectivity index (χ3n) is 5.65. The molecular formula is C24H22N2O2. The monoisotopic (exact) mass is 370 g/mol. The standard InChI is InChI=1S/C24H22N2O2/c27-24(26-19-7-2-1-3-8-19)17-10-11-18-14-25-15-21(20(18)12-17)23-13-16-6-4-5-9-22(16)28-23/h4-6,9-15,19H,1-3,7-8H2,(H,26,27). The number of amides is 1. The zero-order valence-electron chi connectivity index (χ0n) is 15.7. The highest BCUT2D eigenvalue weighted by atomic mass is 16.3. The maximum absolute atomic E-state index is 12.8. The van der Waals surface area contributed by atoms with Gasteiger partial charge in [-0.25, -0.2) is 0 Å². The van der Waals surface area contributed by atoms with Gasteiger partial charge in [0.25, 0.3) is 5.91 Å². The van der Waals surface area contributed by atoms with E-state index in [0.717, 1.165) is 45.9 Å². The quantitative estimate of drug-likeness (QED) is 0.502. The van der Waals surface area contributed by atoms with E-state index >= 15 is 0 Å². The summed E-state index contributed by atoms with van der Waals surface area (Å²) in [7, 11) is 0. The van der Waals surface area contributed by atoms with Crippen LogP contribution in [0.3, 0.4) is 0 Å². The average molecular weight is 370 g/mol. The second-order valence-corrected chi connectivity index (χ2v) is 7.58. The van der Waals surface area contributed by atoms with Crippen molar-refractivity contribution in [2.45, 2.75) is 38.1 Å². The van der Waals surface area contributed by atoms with E-state index in [2.05, 4.69) is 10.3 Å². The Morgan fingerprint density at radius 1 is 0.964 bits per heavy atom. The molecule has 0 spiro atoms. The largest absolute Gasteiger partial charge is 0.456 e. The van der Waals surface area contributed by atoms with E-state index in [1.54, 1.807) is 0 Å². The molecule has 0 bridgehead atoms. The van der Waals surface area contributed by atoms with Crippen LogP contribution in [0.15, 0.2) is 65.3 Å². The predicted octanol–water partition coefficient (Wildman–Crippen LogP) is 5.71. The molecule has 4 aromatic rings. The molecule has 140 valence electrons. The number of rotatable bonds is 3. The lowest BCUT2D eigenvalue weighted by molar-refractivity contribution is 0.0928. The Hall–Kier alpha value is -3.14. The summed E-state index contributed by atoms with van der Waals surface area (Å²) < 4.78 is 6.04. The molecule has 1 fully saturated rings. The summed E-state index contributed by atoms with van der Waals surface area (Å²) in [5, 5.41) is 6.23. The Bertz CT molecular complexity index is 1120. The zero-order valence-corrected chi connectivity index (χ0v) is 15.7. The second-order valence-electron chi connectivity index (χ2n) is 7.58. The molecule has 2 aromatic carbocycles. The highest BCUT2D eigenvalue weighted by molar-refractivity contribution is 6.03. The first kappa shape index (κ1) is 17.0. The fourth-order valence-electron chi connectivity index (χ4n) is 4.13. The molecule has 2 heterocycles. The number of pyridine rings is 1. The van der Waals surface area contributed by atoms with Crippen LogP contribution >= 0.6 is 0 Å². The summed E-state index contributed by atoms with van der Waals surface area (Å²) in [6, 6.07) is 16.1. The summed E-state index contributed by atoms with van der Waals surface area (Å²) in [6.45, 7) is 0. The fraction of sp³-hybridized carbons (Fsp3) is 0.250. The first-order valence-electron chi connectivity index (χ1n) is 9.95. The minimum atomic E-state index is 0.00108. The number of carbonyl (C=O) groups is 1. The van der Waals surface area contributed by atoms with Gasteiger partial charge in [0.2, 0.25) is 0 Å². The van der Waals surface area contributed by atoms with Crippen molar-refractivity contribution >= 4 is 27.6 Å². The van der Waals surface area contributed by atoms with Gasteiger partial charge in [-0.05, 0) is 42.5 Å². The van der Waals surface area contributed by atoms with Gasteiger partial charge in [0.1, 0.15) is 11.3 Å². The van der Waals surface area contributed by atoms with Crippen LogP contribution in [-0.4, -0.2) is 16.9 Å². The maximum Gasteiger partial charge on any atom is 0.251 e. The van der Waals surface area contributed by atoms with Crippen molar-refractivity contribution in [1.82, 2.24) is 10.3 Å². The Morgan fingerprint density at radius 3 is 2.68 bits per heavy atom.